The fourth-order valence-corrected chi connectivity index (χ4v) is 3.17. The molecule has 0 radical (unpaired) electrons. The van der Waals surface area contributed by atoms with E-state index in [4.69, 9.17) is 21.1 Å². The van der Waals surface area contributed by atoms with Crippen LogP contribution in [0.3, 0.4) is 0 Å². The lowest BCUT2D eigenvalue weighted by molar-refractivity contribution is 0.126. The zero-order valence-corrected chi connectivity index (χ0v) is 14.2. The fraction of sp³-hybridized carbons (Fsp3) is 0.500. The van der Waals surface area contributed by atoms with Gasteiger partial charge in [0.1, 0.15) is 19.0 Å². The first kappa shape index (κ1) is 16.7. The molecule has 0 bridgehead atoms. The molecule has 3 rings (SSSR count). The second-order valence-electron chi connectivity index (χ2n) is 5.84. The van der Waals surface area contributed by atoms with Crippen molar-refractivity contribution in [3.8, 4) is 5.75 Å². The SMILES string of the molecule is Cc1cccc(Cl)c1OCCNC(=O)N1CCN2C(=O)OC[C@H]2C1. The van der Waals surface area contributed by atoms with Crippen LogP contribution < -0.4 is 10.1 Å². The first-order valence-electron chi connectivity index (χ1n) is 7.90. The van der Waals surface area contributed by atoms with E-state index in [1.807, 2.05) is 19.1 Å². The highest BCUT2D eigenvalue weighted by atomic mass is 35.5. The van der Waals surface area contributed by atoms with Gasteiger partial charge in [-0.25, -0.2) is 9.59 Å². The molecule has 0 saturated carbocycles. The van der Waals surface area contributed by atoms with E-state index in [0.717, 1.165) is 5.56 Å². The average molecular weight is 354 g/mol. The molecule has 2 aliphatic heterocycles. The smallest absolute Gasteiger partial charge is 0.410 e. The first-order chi connectivity index (χ1) is 11.6. The Hall–Kier alpha value is -2.15. The monoisotopic (exact) mass is 353 g/mol. The molecule has 2 aliphatic rings. The molecule has 7 nitrogen and oxygen atoms in total. The van der Waals surface area contributed by atoms with Crippen LogP contribution in [-0.4, -0.2) is 67.4 Å². The van der Waals surface area contributed by atoms with Gasteiger partial charge < -0.3 is 19.7 Å². The van der Waals surface area contributed by atoms with Crippen molar-refractivity contribution in [1.82, 2.24) is 15.1 Å². The van der Waals surface area contributed by atoms with E-state index in [2.05, 4.69) is 5.32 Å². The second kappa shape index (κ2) is 7.17. The van der Waals surface area contributed by atoms with Crippen molar-refractivity contribution in [1.29, 1.82) is 0 Å². The summed E-state index contributed by atoms with van der Waals surface area (Å²) < 4.78 is 10.6. The third-order valence-electron chi connectivity index (χ3n) is 4.19. The molecular weight excluding hydrogens is 334 g/mol. The maximum atomic E-state index is 12.2. The third-order valence-corrected chi connectivity index (χ3v) is 4.49. The number of rotatable bonds is 4. The second-order valence-corrected chi connectivity index (χ2v) is 6.24. The lowest BCUT2D eigenvalue weighted by Crippen LogP contribution is -2.56. The molecule has 1 aromatic carbocycles. The number of hydrogen-bond donors (Lipinski definition) is 1. The number of aryl methyl sites for hydroxylation is 1. The van der Waals surface area contributed by atoms with E-state index in [-0.39, 0.29) is 18.2 Å². The Morgan fingerprint density at radius 1 is 1.46 bits per heavy atom. The van der Waals surface area contributed by atoms with Crippen LogP contribution in [0.4, 0.5) is 9.59 Å². The summed E-state index contributed by atoms with van der Waals surface area (Å²) in [6.07, 6.45) is -0.288. The molecule has 2 heterocycles. The number of hydrogen-bond acceptors (Lipinski definition) is 4. The minimum atomic E-state index is -0.288. The minimum absolute atomic E-state index is 0.0426. The number of carbonyl (C=O) groups is 2. The molecule has 0 unspecified atom stereocenters. The first-order valence-corrected chi connectivity index (χ1v) is 8.28. The lowest BCUT2D eigenvalue weighted by atomic mass is 10.2. The predicted octanol–water partition coefficient (Wildman–Crippen LogP) is 1.87. The topological polar surface area (TPSA) is 71.1 Å². The van der Waals surface area contributed by atoms with Gasteiger partial charge in [-0.15, -0.1) is 0 Å². The van der Waals surface area contributed by atoms with Crippen LogP contribution >= 0.6 is 11.6 Å². The Morgan fingerprint density at radius 3 is 3.08 bits per heavy atom. The molecule has 8 heteroatoms. The number of ether oxygens (including phenoxy) is 2. The Kier molecular flexibility index (Phi) is 4.99. The molecule has 0 aromatic heterocycles. The van der Waals surface area contributed by atoms with Crippen LogP contribution in [0.5, 0.6) is 5.75 Å². The Bertz CT molecular complexity index is 619. The summed E-state index contributed by atoms with van der Waals surface area (Å²) in [5.41, 5.74) is 0.954. The van der Waals surface area contributed by atoms with E-state index < -0.39 is 0 Å². The van der Waals surface area contributed by atoms with E-state index >= 15 is 0 Å². The number of fused-ring (bicyclic) bond motifs is 1. The van der Waals surface area contributed by atoms with Crippen LogP contribution in [0.25, 0.3) is 0 Å². The van der Waals surface area contributed by atoms with Crippen LogP contribution in [0.15, 0.2) is 18.2 Å². The number of benzene rings is 1. The van der Waals surface area contributed by atoms with E-state index in [0.29, 0.717) is 50.2 Å². The van der Waals surface area contributed by atoms with Crippen LogP contribution in [0, 0.1) is 6.92 Å². The lowest BCUT2D eigenvalue weighted by Gasteiger charge is -2.35. The van der Waals surface area contributed by atoms with Gasteiger partial charge in [-0.3, -0.25) is 4.90 Å². The average Bonchev–Trinajstić information content (AvgIpc) is 2.94. The summed E-state index contributed by atoms with van der Waals surface area (Å²) in [4.78, 5) is 27.0. The van der Waals surface area contributed by atoms with Crippen molar-refractivity contribution in [2.24, 2.45) is 0 Å². The molecule has 2 saturated heterocycles. The molecule has 24 heavy (non-hydrogen) atoms. The Balaban J connectivity index is 1.42. The Labute approximate surface area is 145 Å². The van der Waals surface area contributed by atoms with Crippen molar-refractivity contribution in [3.05, 3.63) is 28.8 Å². The van der Waals surface area contributed by atoms with Gasteiger partial charge in [-0.05, 0) is 18.6 Å². The summed E-state index contributed by atoms with van der Waals surface area (Å²) in [5.74, 6) is 0.642. The maximum Gasteiger partial charge on any atom is 0.410 e. The van der Waals surface area contributed by atoms with Crippen LogP contribution in [0.1, 0.15) is 5.56 Å². The fourth-order valence-electron chi connectivity index (χ4n) is 2.90. The van der Waals surface area contributed by atoms with E-state index in [1.54, 1.807) is 15.9 Å². The summed E-state index contributed by atoms with van der Waals surface area (Å²) in [7, 11) is 0. The number of amides is 3. The number of para-hydroxylation sites is 1. The number of halogens is 1. The van der Waals surface area contributed by atoms with Gasteiger partial charge in [0.15, 0.2) is 0 Å². The number of cyclic esters (lactones) is 1. The van der Waals surface area contributed by atoms with Gasteiger partial charge in [0.2, 0.25) is 0 Å². The van der Waals surface area contributed by atoms with Crippen molar-refractivity contribution in [3.63, 3.8) is 0 Å². The van der Waals surface area contributed by atoms with Gasteiger partial charge in [0.25, 0.3) is 0 Å². The predicted molar refractivity (Wildman–Crippen MR) is 88.5 cm³/mol. The number of piperazine rings is 1. The van der Waals surface area contributed by atoms with E-state index in [1.165, 1.54) is 0 Å². The summed E-state index contributed by atoms with van der Waals surface area (Å²) >= 11 is 6.09. The summed E-state index contributed by atoms with van der Waals surface area (Å²) in [5, 5.41) is 3.39. The minimum Gasteiger partial charge on any atom is -0.490 e. The van der Waals surface area contributed by atoms with Crippen molar-refractivity contribution < 1.29 is 19.1 Å². The van der Waals surface area contributed by atoms with E-state index in [9.17, 15) is 9.59 Å². The van der Waals surface area contributed by atoms with Gasteiger partial charge >= 0.3 is 12.1 Å². The van der Waals surface area contributed by atoms with Gasteiger partial charge in [-0.2, -0.15) is 0 Å². The van der Waals surface area contributed by atoms with Gasteiger partial charge in [-0.1, -0.05) is 23.7 Å². The molecule has 3 amide bonds. The molecule has 1 aromatic rings. The zero-order valence-electron chi connectivity index (χ0n) is 13.5. The maximum absolute atomic E-state index is 12.2. The third kappa shape index (κ3) is 3.51. The molecular formula is C16H20ClN3O4. The van der Waals surface area contributed by atoms with Crippen LogP contribution in [-0.2, 0) is 4.74 Å². The van der Waals surface area contributed by atoms with Gasteiger partial charge in [0, 0.05) is 19.6 Å². The Morgan fingerprint density at radius 2 is 2.29 bits per heavy atom. The molecule has 130 valence electrons. The highest BCUT2D eigenvalue weighted by molar-refractivity contribution is 6.32. The number of nitrogens with one attached hydrogen (secondary N) is 1. The standard InChI is InChI=1S/C16H20ClN3O4/c1-11-3-2-4-13(17)14(11)23-8-5-18-15(21)19-6-7-20-12(9-19)10-24-16(20)22/h2-4,12H,5-10H2,1H3,(H,18,21)/t12-/m1/s1. The highest BCUT2D eigenvalue weighted by Crippen LogP contribution is 2.27. The molecule has 1 N–H and O–H groups in total. The number of nitrogens with zero attached hydrogens (tertiary/aromatic N) is 2. The summed E-state index contributed by atoms with van der Waals surface area (Å²) in [6.45, 7) is 4.48. The number of urea groups is 1. The summed E-state index contributed by atoms with van der Waals surface area (Å²) in [6, 6.07) is 5.35. The quantitative estimate of drug-likeness (QED) is 0.839. The normalized spacial score (nSPS) is 19.8. The molecule has 0 aliphatic carbocycles. The zero-order chi connectivity index (χ0) is 17.1. The molecule has 0 spiro atoms. The van der Waals surface area contributed by atoms with Crippen molar-refractivity contribution in [2.45, 2.75) is 13.0 Å². The highest BCUT2D eigenvalue weighted by Gasteiger charge is 2.38. The van der Waals surface area contributed by atoms with Crippen LogP contribution in [0.2, 0.25) is 5.02 Å². The van der Waals surface area contributed by atoms with Crippen molar-refractivity contribution >= 4 is 23.7 Å². The van der Waals surface area contributed by atoms with Crippen molar-refractivity contribution in [2.75, 3.05) is 39.4 Å². The number of carbonyl (C=O) groups excluding carboxylic acids is 2. The largest absolute Gasteiger partial charge is 0.490 e. The molecule has 2 fully saturated rings. The van der Waals surface area contributed by atoms with Gasteiger partial charge in [0.05, 0.1) is 17.6 Å². The molecule has 1 atom stereocenters.